The fourth-order valence-electron chi connectivity index (χ4n) is 4.60. The Morgan fingerprint density at radius 3 is 2.53 bits per heavy atom. The van der Waals surface area contributed by atoms with E-state index in [1.165, 1.54) is 6.42 Å². The molecule has 166 valence electrons. The number of benzene rings is 1. The SMILES string of the molecule is O=C(c1ccc2c(=O)n3c(nc2c1)CCCCCC3)N1CCN(c2ccc(Cl)cn2)CC1. The summed E-state index contributed by atoms with van der Waals surface area (Å²) < 4.78 is 1.83. The normalized spacial score (nSPS) is 17.0. The molecule has 1 saturated heterocycles. The van der Waals surface area contributed by atoms with Crippen LogP contribution in [0.3, 0.4) is 0 Å². The molecule has 0 saturated carbocycles. The fourth-order valence-corrected chi connectivity index (χ4v) is 4.72. The predicted octanol–water partition coefficient (Wildman–Crippen LogP) is 3.52. The van der Waals surface area contributed by atoms with E-state index in [2.05, 4.69) is 9.88 Å². The van der Waals surface area contributed by atoms with Gasteiger partial charge < -0.3 is 9.80 Å². The highest BCUT2D eigenvalue weighted by Crippen LogP contribution is 2.20. The monoisotopic (exact) mass is 451 g/mol. The second kappa shape index (κ2) is 8.90. The maximum atomic E-state index is 13.2. The van der Waals surface area contributed by atoms with Crippen molar-refractivity contribution in [3.8, 4) is 0 Å². The molecule has 1 amide bonds. The molecule has 1 fully saturated rings. The van der Waals surface area contributed by atoms with Crippen molar-refractivity contribution >= 4 is 34.2 Å². The Hall–Kier alpha value is -2.93. The zero-order valence-electron chi connectivity index (χ0n) is 18.0. The average molecular weight is 452 g/mol. The Labute approximate surface area is 191 Å². The van der Waals surface area contributed by atoms with E-state index in [-0.39, 0.29) is 11.5 Å². The van der Waals surface area contributed by atoms with E-state index in [0.29, 0.717) is 47.7 Å². The number of aromatic nitrogens is 3. The van der Waals surface area contributed by atoms with Gasteiger partial charge in [-0.15, -0.1) is 0 Å². The molecule has 7 nitrogen and oxygen atoms in total. The van der Waals surface area contributed by atoms with Gasteiger partial charge in [0, 0.05) is 50.9 Å². The first kappa shape index (κ1) is 20.9. The lowest BCUT2D eigenvalue weighted by Crippen LogP contribution is -2.49. The highest BCUT2D eigenvalue weighted by molar-refractivity contribution is 6.30. The Morgan fingerprint density at radius 2 is 1.75 bits per heavy atom. The van der Waals surface area contributed by atoms with Gasteiger partial charge >= 0.3 is 0 Å². The van der Waals surface area contributed by atoms with Crippen molar-refractivity contribution in [3.05, 3.63) is 63.3 Å². The number of nitrogens with zero attached hydrogens (tertiary/aromatic N) is 5. The van der Waals surface area contributed by atoms with Gasteiger partial charge in [-0.05, 0) is 43.2 Å². The van der Waals surface area contributed by atoms with E-state index < -0.39 is 0 Å². The highest BCUT2D eigenvalue weighted by Gasteiger charge is 2.23. The first-order valence-electron chi connectivity index (χ1n) is 11.3. The van der Waals surface area contributed by atoms with Crippen LogP contribution in [-0.2, 0) is 13.0 Å². The number of carbonyl (C=O) groups excluding carboxylic acids is 1. The van der Waals surface area contributed by atoms with Gasteiger partial charge in [0.15, 0.2) is 0 Å². The molecule has 2 aliphatic heterocycles. The number of hydrogen-bond acceptors (Lipinski definition) is 5. The summed E-state index contributed by atoms with van der Waals surface area (Å²) in [4.78, 5) is 39.4. The van der Waals surface area contributed by atoms with E-state index in [1.54, 1.807) is 24.4 Å². The van der Waals surface area contributed by atoms with Crippen LogP contribution in [0.5, 0.6) is 0 Å². The van der Waals surface area contributed by atoms with Gasteiger partial charge in [-0.1, -0.05) is 24.4 Å². The van der Waals surface area contributed by atoms with Crippen LogP contribution in [0.4, 0.5) is 5.82 Å². The highest BCUT2D eigenvalue weighted by atomic mass is 35.5. The molecular formula is C24H26ClN5O2. The topological polar surface area (TPSA) is 71.3 Å². The molecule has 32 heavy (non-hydrogen) atoms. The summed E-state index contributed by atoms with van der Waals surface area (Å²) in [6.45, 7) is 3.37. The number of halogens is 1. The molecule has 3 aromatic rings. The Balaban J connectivity index is 1.35. The lowest BCUT2D eigenvalue weighted by molar-refractivity contribution is 0.0746. The van der Waals surface area contributed by atoms with Gasteiger partial charge in [-0.25, -0.2) is 9.97 Å². The van der Waals surface area contributed by atoms with Gasteiger partial charge in [0.05, 0.1) is 15.9 Å². The molecule has 1 aromatic carbocycles. The third-order valence-electron chi connectivity index (χ3n) is 6.42. The summed E-state index contributed by atoms with van der Waals surface area (Å²) in [6.07, 6.45) is 6.83. The number of carbonyl (C=O) groups is 1. The molecule has 2 aliphatic rings. The van der Waals surface area contributed by atoms with Crippen molar-refractivity contribution in [1.82, 2.24) is 19.4 Å². The summed E-state index contributed by atoms with van der Waals surface area (Å²) in [5.74, 6) is 1.69. The molecule has 0 aliphatic carbocycles. The molecular weight excluding hydrogens is 426 g/mol. The average Bonchev–Trinajstić information content (AvgIpc) is 2.80. The standard InChI is InChI=1S/C24H26ClN5O2/c25-18-7-9-21(26-16-18)28-11-13-29(14-12-28)23(31)17-6-8-19-20(15-17)27-22-5-3-1-2-4-10-30(22)24(19)32/h6-9,15-16H,1-5,10-14H2. The summed E-state index contributed by atoms with van der Waals surface area (Å²) in [5, 5.41) is 1.20. The van der Waals surface area contributed by atoms with Crippen LogP contribution in [0.2, 0.25) is 5.02 Å². The van der Waals surface area contributed by atoms with Crippen LogP contribution >= 0.6 is 11.6 Å². The minimum absolute atomic E-state index is 0.00924. The zero-order valence-corrected chi connectivity index (χ0v) is 18.7. The number of amides is 1. The minimum atomic E-state index is -0.0238. The van der Waals surface area contributed by atoms with Crippen molar-refractivity contribution < 1.29 is 4.79 Å². The Bertz CT molecular complexity index is 1200. The molecule has 0 spiro atoms. The van der Waals surface area contributed by atoms with Crippen molar-refractivity contribution in [2.45, 2.75) is 38.6 Å². The largest absolute Gasteiger partial charge is 0.353 e. The quantitative estimate of drug-likeness (QED) is 0.596. The van der Waals surface area contributed by atoms with Gasteiger partial charge in [0.2, 0.25) is 0 Å². The number of pyridine rings is 1. The Morgan fingerprint density at radius 1 is 0.938 bits per heavy atom. The third kappa shape index (κ3) is 4.09. The molecule has 8 heteroatoms. The molecule has 0 atom stereocenters. The van der Waals surface area contributed by atoms with Gasteiger partial charge in [0.25, 0.3) is 11.5 Å². The van der Waals surface area contributed by atoms with Crippen LogP contribution < -0.4 is 10.5 Å². The van der Waals surface area contributed by atoms with Crippen LogP contribution in [0.1, 0.15) is 41.9 Å². The summed E-state index contributed by atoms with van der Waals surface area (Å²) >= 11 is 5.93. The number of rotatable bonds is 2. The first-order valence-corrected chi connectivity index (χ1v) is 11.7. The number of piperazine rings is 1. The first-order chi connectivity index (χ1) is 15.6. The third-order valence-corrected chi connectivity index (χ3v) is 6.64. The van der Waals surface area contributed by atoms with Gasteiger partial charge in [0.1, 0.15) is 11.6 Å². The molecule has 4 heterocycles. The number of anilines is 1. The molecule has 0 bridgehead atoms. The molecule has 0 N–H and O–H groups in total. The van der Waals surface area contributed by atoms with E-state index in [4.69, 9.17) is 16.6 Å². The van der Waals surface area contributed by atoms with Crippen molar-refractivity contribution in [1.29, 1.82) is 0 Å². The number of fused-ring (bicyclic) bond motifs is 2. The van der Waals surface area contributed by atoms with Crippen LogP contribution in [-0.4, -0.2) is 51.5 Å². The lowest BCUT2D eigenvalue weighted by atomic mass is 10.1. The van der Waals surface area contributed by atoms with Crippen LogP contribution in [0, 0.1) is 0 Å². The van der Waals surface area contributed by atoms with Crippen molar-refractivity contribution in [2.75, 3.05) is 31.1 Å². The Kier molecular flexibility index (Phi) is 5.83. The minimum Gasteiger partial charge on any atom is -0.353 e. The smallest absolute Gasteiger partial charge is 0.261 e. The second-order valence-electron chi connectivity index (χ2n) is 8.49. The predicted molar refractivity (Wildman–Crippen MR) is 126 cm³/mol. The lowest BCUT2D eigenvalue weighted by Gasteiger charge is -2.35. The number of aryl methyl sites for hydroxylation is 1. The fraction of sp³-hybridized carbons (Fsp3) is 0.417. The number of hydrogen-bond donors (Lipinski definition) is 0. The summed E-state index contributed by atoms with van der Waals surface area (Å²) in [5.41, 5.74) is 1.21. The van der Waals surface area contributed by atoms with E-state index >= 15 is 0 Å². The van der Waals surface area contributed by atoms with Gasteiger partial charge in [-0.3, -0.25) is 14.2 Å². The van der Waals surface area contributed by atoms with Crippen molar-refractivity contribution in [2.24, 2.45) is 0 Å². The van der Waals surface area contributed by atoms with E-state index in [0.717, 1.165) is 43.9 Å². The van der Waals surface area contributed by atoms with Crippen LogP contribution in [0.25, 0.3) is 10.9 Å². The maximum absolute atomic E-state index is 13.2. The van der Waals surface area contributed by atoms with E-state index in [1.807, 2.05) is 21.6 Å². The molecule has 5 rings (SSSR count). The molecule has 2 aromatic heterocycles. The van der Waals surface area contributed by atoms with Crippen molar-refractivity contribution in [3.63, 3.8) is 0 Å². The maximum Gasteiger partial charge on any atom is 0.261 e. The molecule has 0 unspecified atom stereocenters. The molecule has 0 radical (unpaired) electrons. The summed E-state index contributed by atoms with van der Waals surface area (Å²) in [6, 6.07) is 9.03. The summed E-state index contributed by atoms with van der Waals surface area (Å²) in [7, 11) is 0. The van der Waals surface area contributed by atoms with Gasteiger partial charge in [-0.2, -0.15) is 0 Å². The van der Waals surface area contributed by atoms with E-state index in [9.17, 15) is 9.59 Å². The second-order valence-corrected chi connectivity index (χ2v) is 8.93. The van der Waals surface area contributed by atoms with Crippen LogP contribution in [0.15, 0.2) is 41.3 Å². The zero-order chi connectivity index (χ0) is 22.1.